The topological polar surface area (TPSA) is 68.5 Å². The van der Waals surface area contributed by atoms with Gasteiger partial charge in [0.05, 0.1) is 0 Å². The van der Waals surface area contributed by atoms with Gasteiger partial charge in [-0.15, -0.1) is 0 Å². The van der Waals surface area contributed by atoms with Gasteiger partial charge in [-0.25, -0.2) is 9.18 Å². The third kappa shape index (κ3) is 3.21. The van der Waals surface area contributed by atoms with E-state index >= 15 is 0 Å². The van der Waals surface area contributed by atoms with E-state index < -0.39 is 11.8 Å². The molecule has 0 unspecified atom stereocenters. The van der Waals surface area contributed by atoms with Crippen molar-refractivity contribution in [2.45, 2.75) is 38.6 Å². The fourth-order valence-electron chi connectivity index (χ4n) is 2.94. The maximum atomic E-state index is 13.7. The molecule has 3 rings (SSSR count). The van der Waals surface area contributed by atoms with Crippen LogP contribution in [0.5, 0.6) is 0 Å². The van der Waals surface area contributed by atoms with Crippen molar-refractivity contribution in [3.05, 3.63) is 35.3 Å². The van der Waals surface area contributed by atoms with Crippen LogP contribution in [0.4, 0.5) is 4.39 Å². The highest BCUT2D eigenvalue weighted by atomic mass is 19.1. The average molecular weight is 319 g/mol. The van der Waals surface area contributed by atoms with E-state index in [2.05, 4.69) is 5.32 Å². The van der Waals surface area contributed by atoms with Gasteiger partial charge in [0.1, 0.15) is 0 Å². The number of esters is 1. The van der Waals surface area contributed by atoms with E-state index in [1.807, 2.05) is 0 Å². The lowest BCUT2D eigenvalue weighted by Crippen LogP contribution is -2.35. The average Bonchev–Trinajstić information content (AvgIpc) is 3.14. The van der Waals surface area contributed by atoms with Gasteiger partial charge in [0.25, 0.3) is 5.91 Å². The van der Waals surface area contributed by atoms with Gasteiger partial charge in [-0.3, -0.25) is 4.79 Å². The predicted molar refractivity (Wildman–Crippen MR) is 81.6 cm³/mol. The summed E-state index contributed by atoms with van der Waals surface area (Å²) in [7, 11) is 0. The standard InChI is InChI=1S/C17H18FNO4/c1-10-12-7-4-8-13(18)16(12)23-15(10)17(21)22-9-14(20)19-11-5-2-3-6-11/h4,7-8,11H,2-3,5-6,9H2,1H3,(H,19,20). The minimum Gasteiger partial charge on any atom is -0.450 e. The molecule has 0 spiro atoms. The maximum Gasteiger partial charge on any atom is 0.375 e. The zero-order valence-corrected chi connectivity index (χ0v) is 12.9. The molecule has 0 bridgehead atoms. The molecule has 1 aromatic heterocycles. The summed E-state index contributed by atoms with van der Waals surface area (Å²) < 4.78 is 23.9. The number of hydrogen-bond acceptors (Lipinski definition) is 4. The van der Waals surface area contributed by atoms with Crippen molar-refractivity contribution in [3.8, 4) is 0 Å². The van der Waals surface area contributed by atoms with Crippen LogP contribution >= 0.6 is 0 Å². The number of carbonyl (C=O) groups excluding carboxylic acids is 2. The fraction of sp³-hybridized carbons (Fsp3) is 0.412. The van der Waals surface area contributed by atoms with Crippen molar-refractivity contribution in [3.63, 3.8) is 0 Å². The van der Waals surface area contributed by atoms with Gasteiger partial charge in [-0.2, -0.15) is 0 Å². The molecule has 0 aliphatic heterocycles. The molecule has 1 amide bonds. The third-order valence-corrected chi connectivity index (χ3v) is 4.16. The van der Waals surface area contributed by atoms with Crippen LogP contribution < -0.4 is 5.32 Å². The number of rotatable bonds is 4. The number of fused-ring (bicyclic) bond motifs is 1. The van der Waals surface area contributed by atoms with Crippen molar-refractivity contribution in [1.29, 1.82) is 0 Å². The van der Waals surface area contributed by atoms with E-state index in [0.29, 0.717) is 10.9 Å². The minimum atomic E-state index is -0.764. The number of halogens is 1. The van der Waals surface area contributed by atoms with E-state index in [1.54, 1.807) is 19.1 Å². The number of carbonyl (C=O) groups is 2. The molecule has 122 valence electrons. The Bertz CT molecular complexity index is 746. The Kier molecular flexibility index (Phi) is 4.32. The Hall–Kier alpha value is -2.37. The zero-order chi connectivity index (χ0) is 16.4. The Labute approximate surface area is 132 Å². The largest absolute Gasteiger partial charge is 0.450 e. The van der Waals surface area contributed by atoms with Crippen LogP contribution in [0.1, 0.15) is 41.8 Å². The molecule has 2 aromatic rings. The number of amides is 1. The molecule has 1 saturated carbocycles. The first-order chi connectivity index (χ1) is 11.1. The second-order valence-corrected chi connectivity index (χ2v) is 5.80. The first-order valence-electron chi connectivity index (χ1n) is 7.70. The molecule has 1 heterocycles. The Morgan fingerprint density at radius 3 is 2.78 bits per heavy atom. The van der Waals surface area contributed by atoms with Crippen molar-refractivity contribution >= 4 is 22.8 Å². The third-order valence-electron chi connectivity index (χ3n) is 4.16. The molecule has 6 heteroatoms. The summed E-state index contributed by atoms with van der Waals surface area (Å²) in [5.74, 6) is -1.70. The van der Waals surface area contributed by atoms with Crippen LogP contribution in [-0.4, -0.2) is 24.5 Å². The minimum absolute atomic E-state index is 0.0207. The van der Waals surface area contributed by atoms with E-state index in [1.165, 1.54) is 6.07 Å². The van der Waals surface area contributed by atoms with Gasteiger partial charge in [0.2, 0.25) is 5.76 Å². The molecule has 1 aromatic carbocycles. The summed E-state index contributed by atoms with van der Waals surface area (Å²) in [6.45, 7) is 1.29. The van der Waals surface area contributed by atoms with E-state index in [4.69, 9.17) is 9.15 Å². The van der Waals surface area contributed by atoms with Crippen LogP contribution in [0.3, 0.4) is 0 Å². The number of furan rings is 1. The smallest absolute Gasteiger partial charge is 0.375 e. The summed E-state index contributed by atoms with van der Waals surface area (Å²) in [6, 6.07) is 4.64. The van der Waals surface area contributed by atoms with Gasteiger partial charge in [-0.1, -0.05) is 25.0 Å². The van der Waals surface area contributed by atoms with Crippen LogP contribution in [0.15, 0.2) is 22.6 Å². The van der Waals surface area contributed by atoms with E-state index in [0.717, 1.165) is 25.7 Å². The summed E-state index contributed by atoms with van der Waals surface area (Å²) in [5, 5.41) is 3.35. The summed E-state index contributed by atoms with van der Waals surface area (Å²) >= 11 is 0. The highest BCUT2D eigenvalue weighted by Crippen LogP contribution is 2.27. The molecule has 0 radical (unpaired) electrons. The molecule has 23 heavy (non-hydrogen) atoms. The highest BCUT2D eigenvalue weighted by molar-refractivity contribution is 5.96. The number of ether oxygens (including phenoxy) is 1. The molecule has 0 atom stereocenters. The second-order valence-electron chi connectivity index (χ2n) is 5.80. The van der Waals surface area contributed by atoms with E-state index in [9.17, 15) is 14.0 Å². The number of aryl methyl sites for hydroxylation is 1. The molecular formula is C17H18FNO4. The zero-order valence-electron chi connectivity index (χ0n) is 12.9. The van der Waals surface area contributed by atoms with Crippen LogP contribution in [0.25, 0.3) is 11.0 Å². The number of para-hydroxylation sites is 1. The lowest BCUT2D eigenvalue weighted by atomic mass is 10.1. The second kappa shape index (κ2) is 6.40. The number of hydrogen-bond donors (Lipinski definition) is 1. The maximum absolute atomic E-state index is 13.7. The van der Waals surface area contributed by atoms with Gasteiger partial charge < -0.3 is 14.5 Å². The lowest BCUT2D eigenvalue weighted by molar-refractivity contribution is -0.124. The van der Waals surface area contributed by atoms with Crippen LogP contribution in [-0.2, 0) is 9.53 Å². The van der Waals surface area contributed by atoms with Crippen molar-refractivity contribution in [2.24, 2.45) is 0 Å². The fourth-order valence-corrected chi connectivity index (χ4v) is 2.94. The molecule has 1 N–H and O–H groups in total. The SMILES string of the molecule is Cc1c(C(=O)OCC(=O)NC2CCCC2)oc2c(F)cccc12. The Balaban J connectivity index is 1.65. The first-order valence-corrected chi connectivity index (χ1v) is 7.70. The van der Waals surface area contributed by atoms with Crippen LogP contribution in [0.2, 0.25) is 0 Å². The number of benzene rings is 1. The number of nitrogens with one attached hydrogen (secondary N) is 1. The normalized spacial score (nSPS) is 15.0. The highest BCUT2D eigenvalue weighted by Gasteiger charge is 2.22. The summed E-state index contributed by atoms with van der Waals surface area (Å²) in [6.07, 6.45) is 4.13. The van der Waals surface area contributed by atoms with Crippen molar-refractivity contribution in [1.82, 2.24) is 5.32 Å². The molecule has 1 fully saturated rings. The molecular weight excluding hydrogens is 301 g/mol. The van der Waals surface area contributed by atoms with Crippen LogP contribution in [0, 0.1) is 12.7 Å². The quantitative estimate of drug-likeness (QED) is 0.879. The summed E-state index contributed by atoms with van der Waals surface area (Å²) in [4.78, 5) is 23.8. The van der Waals surface area contributed by atoms with Crippen molar-refractivity contribution < 1.29 is 23.1 Å². The summed E-state index contributed by atoms with van der Waals surface area (Å²) in [5.41, 5.74) is 0.521. The molecule has 5 nitrogen and oxygen atoms in total. The van der Waals surface area contributed by atoms with Gasteiger partial charge >= 0.3 is 5.97 Å². The predicted octanol–water partition coefficient (Wildman–Crippen LogP) is 3.10. The first kappa shape index (κ1) is 15.5. The molecule has 1 aliphatic rings. The van der Waals surface area contributed by atoms with Gasteiger partial charge in [0.15, 0.2) is 18.0 Å². The van der Waals surface area contributed by atoms with Gasteiger partial charge in [-0.05, 0) is 25.8 Å². The molecule has 0 saturated heterocycles. The van der Waals surface area contributed by atoms with Crippen molar-refractivity contribution in [2.75, 3.05) is 6.61 Å². The van der Waals surface area contributed by atoms with E-state index in [-0.39, 0.29) is 29.9 Å². The van der Waals surface area contributed by atoms with Gasteiger partial charge in [0, 0.05) is 17.0 Å². The lowest BCUT2D eigenvalue weighted by Gasteiger charge is -2.11. The Morgan fingerprint density at radius 2 is 2.09 bits per heavy atom. The molecule has 1 aliphatic carbocycles. The Morgan fingerprint density at radius 1 is 1.35 bits per heavy atom. The monoisotopic (exact) mass is 319 g/mol.